The first kappa shape index (κ1) is 24.0. The fourth-order valence-electron chi connectivity index (χ4n) is 3.91. The van der Waals surface area contributed by atoms with Crippen LogP contribution in [-0.2, 0) is 5.41 Å². The van der Waals surface area contributed by atoms with Crippen molar-refractivity contribution in [1.82, 2.24) is 10.7 Å². The van der Waals surface area contributed by atoms with Crippen molar-refractivity contribution in [3.8, 4) is 0 Å². The molecule has 0 spiro atoms. The van der Waals surface area contributed by atoms with Crippen LogP contribution < -0.4 is 15.6 Å². The van der Waals surface area contributed by atoms with Crippen molar-refractivity contribution in [2.45, 2.75) is 36.9 Å². The van der Waals surface area contributed by atoms with E-state index >= 15 is 0 Å². The first-order chi connectivity index (χ1) is 15.6. The lowest BCUT2D eigenvalue weighted by Crippen LogP contribution is -2.44. The topological polar surface area (TPSA) is 56.7 Å². The third-order valence-corrected chi connectivity index (χ3v) is 6.62. The Bertz CT molecular complexity index is 1070. The first-order valence-corrected chi connectivity index (χ1v) is 11.4. The van der Waals surface area contributed by atoms with E-state index in [0.29, 0.717) is 16.3 Å². The summed E-state index contributed by atoms with van der Waals surface area (Å²) in [6.07, 6.45) is -1.34. The number of nitrogens with one attached hydrogen (secondary N) is 2. The number of carbonyl (C=O) groups excluding carboxylic acids is 1. The van der Waals surface area contributed by atoms with Gasteiger partial charge in [-0.15, -0.1) is 0 Å². The highest BCUT2D eigenvalue weighted by atomic mass is 35.5. The van der Waals surface area contributed by atoms with Crippen LogP contribution in [0.5, 0.6) is 0 Å². The zero-order chi connectivity index (χ0) is 23.8. The summed E-state index contributed by atoms with van der Waals surface area (Å²) in [5, 5.41) is 7.21. The molecule has 1 aliphatic carbocycles. The Morgan fingerprint density at radius 1 is 1.12 bits per heavy atom. The van der Waals surface area contributed by atoms with Gasteiger partial charge in [-0.1, -0.05) is 34.8 Å². The zero-order valence-corrected chi connectivity index (χ0v) is 19.5. The van der Waals surface area contributed by atoms with Crippen molar-refractivity contribution in [2.24, 2.45) is 5.10 Å². The van der Waals surface area contributed by atoms with Crippen LogP contribution in [0.25, 0.3) is 0 Å². The molecule has 5 nitrogen and oxygen atoms in total. The molecule has 0 aromatic heterocycles. The van der Waals surface area contributed by atoms with Crippen molar-refractivity contribution in [3.63, 3.8) is 0 Å². The first-order valence-electron chi connectivity index (χ1n) is 10.2. The number of rotatable bonds is 5. The number of hydrogen-bond donors (Lipinski definition) is 2. The lowest BCUT2D eigenvalue weighted by Gasteiger charge is -2.33. The molecule has 176 valence electrons. The molecule has 33 heavy (non-hydrogen) atoms. The third-order valence-electron chi connectivity index (χ3n) is 5.86. The highest BCUT2D eigenvalue weighted by Gasteiger charge is 2.59. The van der Waals surface area contributed by atoms with E-state index in [2.05, 4.69) is 15.8 Å². The maximum Gasteiger partial charge on any atom is 0.400 e. The maximum atomic E-state index is 14.3. The van der Waals surface area contributed by atoms with Gasteiger partial charge >= 0.3 is 12.2 Å². The van der Waals surface area contributed by atoms with E-state index in [4.69, 9.17) is 34.8 Å². The normalized spacial score (nSPS) is 21.0. The Balaban J connectivity index is 1.51. The lowest BCUT2D eigenvalue weighted by atomic mass is 9.79. The van der Waals surface area contributed by atoms with Gasteiger partial charge in [0.05, 0.1) is 11.2 Å². The minimum absolute atomic E-state index is 0.0420. The highest BCUT2D eigenvalue weighted by Crippen LogP contribution is 2.49. The fraction of sp³-hybridized carbons (Fsp3) is 0.364. The summed E-state index contributed by atoms with van der Waals surface area (Å²) >= 11 is 18.3. The Morgan fingerprint density at radius 3 is 2.42 bits per heavy atom. The van der Waals surface area contributed by atoms with Crippen molar-refractivity contribution in [1.29, 1.82) is 0 Å². The molecular weight excluding hydrogens is 500 g/mol. The molecule has 2 aromatic carbocycles. The van der Waals surface area contributed by atoms with Gasteiger partial charge in [0.1, 0.15) is 5.41 Å². The molecule has 1 heterocycles. The Morgan fingerprint density at radius 2 is 1.82 bits per heavy atom. The van der Waals surface area contributed by atoms with E-state index in [9.17, 15) is 18.0 Å². The van der Waals surface area contributed by atoms with Crippen LogP contribution in [0.4, 0.5) is 23.7 Å². The second kappa shape index (κ2) is 9.24. The number of urea groups is 1. The van der Waals surface area contributed by atoms with E-state index in [1.54, 1.807) is 23.1 Å². The average molecular weight is 520 g/mol. The summed E-state index contributed by atoms with van der Waals surface area (Å²) in [6, 6.07) is 8.77. The molecule has 1 unspecified atom stereocenters. The molecule has 1 saturated carbocycles. The predicted octanol–water partition coefficient (Wildman–Crippen LogP) is 6.15. The van der Waals surface area contributed by atoms with Gasteiger partial charge < -0.3 is 10.2 Å². The molecule has 11 heteroatoms. The number of benzene rings is 2. The van der Waals surface area contributed by atoms with E-state index in [-0.39, 0.29) is 41.2 Å². The van der Waals surface area contributed by atoms with Gasteiger partial charge in [-0.2, -0.15) is 18.3 Å². The van der Waals surface area contributed by atoms with E-state index in [0.717, 1.165) is 12.8 Å². The molecule has 2 fully saturated rings. The summed E-state index contributed by atoms with van der Waals surface area (Å²) in [7, 11) is 0. The van der Waals surface area contributed by atoms with E-state index in [1.165, 1.54) is 24.4 Å². The smallest absolute Gasteiger partial charge is 0.370 e. The molecule has 1 saturated heterocycles. The monoisotopic (exact) mass is 518 g/mol. The van der Waals surface area contributed by atoms with E-state index < -0.39 is 17.6 Å². The second-order valence-corrected chi connectivity index (χ2v) is 9.51. The van der Waals surface area contributed by atoms with Crippen LogP contribution in [0.15, 0.2) is 41.5 Å². The second-order valence-electron chi connectivity index (χ2n) is 8.23. The van der Waals surface area contributed by atoms with Crippen molar-refractivity contribution in [2.75, 3.05) is 18.0 Å². The average Bonchev–Trinajstić information content (AvgIpc) is 3.40. The van der Waals surface area contributed by atoms with E-state index in [1.807, 2.05) is 0 Å². The number of hydrazone groups is 1. The minimum Gasteiger partial charge on any atom is -0.370 e. The molecule has 0 bridgehead atoms. The number of nitrogens with zero attached hydrogens (tertiary/aromatic N) is 2. The van der Waals surface area contributed by atoms with Crippen LogP contribution in [0.1, 0.15) is 30.4 Å². The Labute approximate surface area is 203 Å². The fourth-order valence-corrected chi connectivity index (χ4v) is 4.66. The lowest BCUT2D eigenvalue weighted by molar-refractivity contribution is -0.184. The Kier molecular flexibility index (Phi) is 6.71. The minimum atomic E-state index is -4.50. The van der Waals surface area contributed by atoms with Gasteiger partial charge in [0.15, 0.2) is 0 Å². The summed E-state index contributed by atoms with van der Waals surface area (Å²) in [5.41, 5.74) is 1.37. The van der Waals surface area contributed by atoms with Crippen LogP contribution in [0, 0.1) is 0 Å². The molecule has 1 aliphatic heterocycles. The molecule has 1 atom stereocenters. The molecule has 2 amide bonds. The van der Waals surface area contributed by atoms with Crippen molar-refractivity contribution >= 4 is 52.7 Å². The molecule has 4 rings (SSSR count). The van der Waals surface area contributed by atoms with Crippen LogP contribution in [-0.4, -0.2) is 37.6 Å². The predicted molar refractivity (Wildman–Crippen MR) is 125 cm³/mol. The van der Waals surface area contributed by atoms with Crippen molar-refractivity contribution in [3.05, 3.63) is 62.6 Å². The summed E-state index contributed by atoms with van der Waals surface area (Å²) < 4.78 is 42.9. The van der Waals surface area contributed by atoms with Gasteiger partial charge in [-0.3, -0.25) is 0 Å². The molecule has 2 aromatic rings. The standard InChI is InChI=1S/C22H20Cl3F3N4O/c23-15-7-14(8-16(24)9-15)21(22(26,27)28)5-6-32(12-21)18-4-1-13(19(25)10-18)11-29-31-20(33)30-17-2-3-17/h1,4,7-11,17H,2-3,5-6,12H2,(H2,30,31,33)/b29-11+. The van der Waals surface area contributed by atoms with Gasteiger partial charge in [-0.05, 0) is 61.2 Å². The van der Waals surface area contributed by atoms with Gasteiger partial charge in [0.25, 0.3) is 0 Å². The Hall–Kier alpha value is -2.16. The summed E-state index contributed by atoms with van der Waals surface area (Å²) in [5.74, 6) is 0. The number of carbonyl (C=O) groups is 1. The molecule has 2 N–H and O–H groups in total. The number of alkyl halides is 3. The quantitative estimate of drug-likeness (QED) is 0.368. The highest BCUT2D eigenvalue weighted by molar-refractivity contribution is 6.34. The number of anilines is 1. The van der Waals surface area contributed by atoms with Gasteiger partial charge in [0, 0.05) is 40.4 Å². The van der Waals surface area contributed by atoms with Crippen LogP contribution in [0.2, 0.25) is 15.1 Å². The largest absolute Gasteiger partial charge is 0.400 e. The van der Waals surface area contributed by atoms with Crippen LogP contribution in [0.3, 0.4) is 0 Å². The maximum absolute atomic E-state index is 14.3. The zero-order valence-electron chi connectivity index (χ0n) is 17.2. The molecule has 2 aliphatic rings. The van der Waals surface area contributed by atoms with Gasteiger partial charge in [-0.25, -0.2) is 10.2 Å². The molecule has 0 radical (unpaired) electrons. The number of halogens is 6. The summed E-state index contributed by atoms with van der Waals surface area (Å²) in [6.45, 7) is -0.115. The number of amides is 2. The van der Waals surface area contributed by atoms with Crippen LogP contribution >= 0.6 is 34.8 Å². The SMILES string of the molecule is O=C(N/N=C/c1ccc(N2CCC(c3cc(Cl)cc(Cl)c3)(C(F)(F)F)C2)cc1Cl)NC1CC1. The molecular formula is C22H20Cl3F3N4O. The third kappa shape index (κ3) is 5.34. The van der Waals surface area contributed by atoms with Crippen molar-refractivity contribution < 1.29 is 18.0 Å². The summed E-state index contributed by atoms with van der Waals surface area (Å²) in [4.78, 5) is 13.2. The number of hydrogen-bond acceptors (Lipinski definition) is 3. The van der Waals surface area contributed by atoms with Gasteiger partial charge in [0.2, 0.25) is 0 Å².